The van der Waals surface area contributed by atoms with Gasteiger partial charge in [-0.05, 0) is 91.3 Å². The van der Waals surface area contributed by atoms with Gasteiger partial charge in [0.15, 0.2) is 5.65 Å². The van der Waals surface area contributed by atoms with Crippen molar-refractivity contribution in [2.75, 3.05) is 42.5 Å². The van der Waals surface area contributed by atoms with Crippen molar-refractivity contribution in [1.82, 2.24) is 34.7 Å². The summed E-state index contributed by atoms with van der Waals surface area (Å²) in [5, 5.41) is 7.42. The van der Waals surface area contributed by atoms with Gasteiger partial charge in [0, 0.05) is 63.2 Å². The van der Waals surface area contributed by atoms with Crippen LogP contribution >= 0.6 is 0 Å². The number of nitrogens with zero attached hydrogens (tertiary/aromatic N) is 8. The first-order valence-corrected chi connectivity index (χ1v) is 19.5. The highest BCUT2D eigenvalue weighted by Gasteiger charge is 2.40. The zero-order chi connectivity index (χ0) is 37.2. The van der Waals surface area contributed by atoms with Gasteiger partial charge in [0.1, 0.15) is 29.2 Å². The lowest BCUT2D eigenvalue weighted by atomic mass is 9.86. The summed E-state index contributed by atoms with van der Waals surface area (Å²) in [6, 6.07) is 23.2. The number of fused-ring (bicyclic) bond motifs is 2. The van der Waals surface area contributed by atoms with Crippen LogP contribution in [0.4, 0.5) is 16.0 Å². The Kier molecular flexibility index (Phi) is 8.34. The summed E-state index contributed by atoms with van der Waals surface area (Å²) in [6.07, 6.45) is 6.54. The fourth-order valence-corrected chi connectivity index (χ4v) is 9.36. The zero-order valence-corrected chi connectivity index (χ0v) is 30.5. The predicted molar refractivity (Wildman–Crippen MR) is 204 cm³/mol. The normalized spacial score (nSPS) is 22.4. The highest BCUT2D eigenvalue weighted by molar-refractivity contribution is 6.05. The summed E-state index contributed by atoms with van der Waals surface area (Å²) < 4.78 is 16.0. The standard InChI is InChI=1S/C42H42FN9O3/c43-30-5-1-4-27(21-30)34-7-3-17-50(34)39-13-12-37-44-22-36(52(37)47-39)33-6-2-8-38(45-33)48-18-15-31(16-19-48)49-23-29(24-49)26-9-10-32-28(20-26)25-51(42(32)55)35-11-14-40(53)46-41(35)54/h1-2,4-6,8-10,12-13,20-22,29,31,34-35H,3,7,11,14-19,23-25H2,(H,46,53,54). The Morgan fingerprint density at radius 1 is 0.782 bits per heavy atom. The summed E-state index contributed by atoms with van der Waals surface area (Å²) in [5.74, 6) is 1.21. The van der Waals surface area contributed by atoms with Crippen molar-refractivity contribution in [3.05, 3.63) is 107 Å². The van der Waals surface area contributed by atoms with Crippen LogP contribution in [0.1, 0.15) is 77.5 Å². The predicted octanol–water partition coefficient (Wildman–Crippen LogP) is 5.10. The molecule has 10 rings (SSSR count). The Balaban J connectivity index is 0.774. The summed E-state index contributed by atoms with van der Waals surface area (Å²) in [5.41, 5.74) is 6.25. The first-order chi connectivity index (χ1) is 26.9. The van der Waals surface area contributed by atoms with Crippen LogP contribution in [0, 0.1) is 5.82 Å². The summed E-state index contributed by atoms with van der Waals surface area (Å²) in [4.78, 5) is 55.8. The Morgan fingerprint density at radius 3 is 2.47 bits per heavy atom. The van der Waals surface area contributed by atoms with Crippen LogP contribution in [-0.4, -0.2) is 91.9 Å². The molecular weight excluding hydrogens is 698 g/mol. The van der Waals surface area contributed by atoms with Crippen molar-refractivity contribution in [3.8, 4) is 11.4 Å². The van der Waals surface area contributed by atoms with E-state index in [9.17, 15) is 18.8 Å². The number of piperidine rings is 2. The van der Waals surface area contributed by atoms with E-state index in [1.807, 2.05) is 41.0 Å². The number of imide groups is 1. The van der Waals surface area contributed by atoms with E-state index in [0.29, 0.717) is 30.5 Å². The van der Waals surface area contributed by atoms with Crippen LogP contribution in [-0.2, 0) is 16.1 Å². The smallest absolute Gasteiger partial charge is 0.255 e. The molecule has 13 heteroatoms. The lowest BCUT2D eigenvalue weighted by molar-refractivity contribution is -0.136. The van der Waals surface area contributed by atoms with Crippen molar-refractivity contribution >= 4 is 35.0 Å². The lowest BCUT2D eigenvalue weighted by Gasteiger charge is -2.47. The molecule has 55 heavy (non-hydrogen) atoms. The van der Waals surface area contributed by atoms with Gasteiger partial charge in [-0.3, -0.25) is 24.6 Å². The molecule has 0 bridgehead atoms. The second-order valence-corrected chi connectivity index (χ2v) is 15.6. The molecule has 1 N–H and O–H groups in total. The monoisotopic (exact) mass is 739 g/mol. The van der Waals surface area contributed by atoms with Gasteiger partial charge < -0.3 is 14.7 Å². The van der Waals surface area contributed by atoms with Gasteiger partial charge in [-0.15, -0.1) is 5.10 Å². The fourth-order valence-electron chi connectivity index (χ4n) is 9.36. The summed E-state index contributed by atoms with van der Waals surface area (Å²) in [6.45, 7) is 5.09. The Hall–Kier alpha value is -5.69. The quantitative estimate of drug-likeness (QED) is 0.228. The maximum atomic E-state index is 14.1. The lowest BCUT2D eigenvalue weighted by Crippen LogP contribution is -2.54. The van der Waals surface area contributed by atoms with Crippen LogP contribution in [0.15, 0.2) is 79.0 Å². The molecule has 5 aliphatic rings. The molecule has 0 spiro atoms. The largest absolute Gasteiger partial charge is 0.356 e. The molecule has 3 aromatic heterocycles. The summed E-state index contributed by atoms with van der Waals surface area (Å²) in [7, 11) is 0. The van der Waals surface area contributed by atoms with E-state index >= 15 is 0 Å². The third-order valence-corrected chi connectivity index (χ3v) is 12.4. The number of nitrogens with one attached hydrogen (secondary N) is 1. The van der Waals surface area contributed by atoms with Gasteiger partial charge in [0.25, 0.3) is 5.91 Å². The molecule has 0 saturated carbocycles. The van der Waals surface area contributed by atoms with Crippen LogP contribution < -0.4 is 15.1 Å². The number of aromatic nitrogens is 4. The van der Waals surface area contributed by atoms with E-state index in [4.69, 9.17) is 10.1 Å². The van der Waals surface area contributed by atoms with Crippen molar-refractivity contribution < 1.29 is 18.8 Å². The highest BCUT2D eigenvalue weighted by Crippen LogP contribution is 2.38. The van der Waals surface area contributed by atoms with Gasteiger partial charge >= 0.3 is 0 Å². The first-order valence-electron chi connectivity index (χ1n) is 19.5. The molecular formula is C42H42FN9O3. The number of halogens is 1. The fraction of sp³-hybridized carbons (Fsp3) is 0.381. The highest BCUT2D eigenvalue weighted by atomic mass is 19.1. The number of carbonyl (C=O) groups excluding carboxylic acids is 3. The van der Waals surface area contributed by atoms with E-state index in [2.05, 4.69) is 49.3 Å². The number of likely N-dealkylation sites (tertiary alicyclic amines) is 1. The topological polar surface area (TPSA) is 119 Å². The number of benzene rings is 2. The molecule has 2 unspecified atom stereocenters. The van der Waals surface area contributed by atoms with E-state index in [1.54, 1.807) is 17.0 Å². The maximum Gasteiger partial charge on any atom is 0.255 e. The van der Waals surface area contributed by atoms with Crippen LogP contribution in [0.3, 0.4) is 0 Å². The number of rotatable bonds is 7. The van der Waals surface area contributed by atoms with Gasteiger partial charge in [-0.2, -0.15) is 0 Å². The third-order valence-electron chi connectivity index (χ3n) is 12.4. The van der Waals surface area contributed by atoms with Crippen LogP contribution in [0.5, 0.6) is 0 Å². The molecule has 3 amide bonds. The van der Waals surface area contributed by atoms with Crippen molar-refractivity contribution in [1.29, 1.82) is 0 Å². The molecule has 0 aliphatic carbocycles. The molecule has 0 radical (unpaired) electrons. The number of anilines is 2. The number of hydrogen-bond acceptors (Lipinski definition) is 9. The molecule has 280 valence electrons. The molecule has 2 atom stereocenters. The average molecular weight is 740 g/mol. The molecule has 4 fully saturated rings. The summed E-state index contributed by atoms with van der Waals surface area (Å²) >= 11 is 0. The van der Waals surface area contributed by atoms with E-state index in [1.165, 1.54) is 11.6 Å². The number of carbonyl (C=O) groups is 3. The molecule has 2 aromatic carbocycles. The maximum absolute atomic E-state index is 14.1. The van der Waals surface area contributed by atoms with Gasteiger partial charge in [-0.25, -0.2) is 18.9 Å². The molecule has 8 heterocycles. The molecule has 5 aromatic rings. The van der Waals surface area contributed by atoms with Gasteiger partial charge in [0.2, 0.25) is 11.8 Å². The number of amides is 3. The minimum atomic E-state index is -0.594. The Morgan fingerprint density at radius 2 is 1.64 bits per heavy atom. The Labute approximate surface area is 317 Å². The third kappa shape index (κ3) is 6.10. The van der Waals surface area contributed by atoms with E-state index in [0.717, 1.165) is 98.2 Å². The van der Waals surface area contributed by atoms with Gasteiger partial charge in [0.05, 0.1) is 17.9 Å². The van der Waals surface area contributed by atoms with E-state index < -0.39 is 6.04 Å². The van der Waals surface area contributed by atoms with Gasteiger partial charge in [-0.1, -0.05) is 30.3 Å². The number of pyridine rings is 1. The van der Waals surface area contributed by atoms with E-state index in [-0.39, 0.29) is 36.0 Å². The minimum absolute atomic E-state index is 0.0741. The Bertz CT molecular complexity index is 2330. The van der Waals surface area contributed by atoms with Crippen LogP contribution in [0.25, 0.3) is 17.0 Å². The molecule has 4 saturated heterocycles. The SMILES string of the molecule is O=C1CCC(N2Cc3cc(C4CN(C5CCN(c6cccc(-c7cnc8ccc(N9CCCC9c9cccc(F)c9)nn78)n6)CC5)C4)ccc3C2=O)C(=O)N1. The molecule has 5 aliphatic heterocycles. The second-order valence-electron chi connectivity index (χ2n) is 15.6. The second kappa shape index (κ2) is 13.6. The van der Waals surface area contributed by atoms with Crippen LogP contribution in [0.2, 0.25) is 0 Å². The molecule has 12 nitrogen and oxygen atoms in total. The zero-order valence-electron chi connectivity index (χ0n) is 30.5. The number of hydrogen-bond donors (Lipinski definition) is 1. The van der Waals surface area contributed by atoms with Crippen molar-refractivity contribution in [2.45, 2.75) is 69.1 Å². The number of imidazole rings is 1. The average Bonchev–Trinajstić information content (AvgIpc) is 3.92. The van der Waals surface area contributed by atoms with Crippen molar-refractivity contribution in [3.63, 3.8) is 0 Å². The minimum Gasteiger partial charge on any atom is -0.356 e. The first kappa shape index (κ1) is 33.8. The van der Waals surface area contributed by atoms with Crippen molar-refractivity contribution in [2.24, 2.45) is 0 Å².